The predicted octanol–water partition coefficient (Wildman–Crippen LogP) is -1.59. The van der Waals surface area contributed by atoms with Crippen molar-refractivity contribution in [2.75, 3.05) is 13.0 Å². The summed E-state index contributed by atoms with van der Waals surface area (Å²) in [4.78, 5) is 0. The zero-order chi connectivity index (χ0) is 8.69. The molecule has 0 aromatic carbocycles. The zero-order valence-electron chi connectivity index (χ0n) is 6.87. The fourth-order valence-corrected chi connectivity index (χ4v) is 1.03. The first-order chi connectivity index (χ1) is 5.24. The molecular weight excluding hydrogens is 165 g/mol. The van der Waals surface area contributed by atoms with Crippen molar-refractivity contribution in [1.29, 1.82) is 0 Å². The van der Waals surface area contributed by atoms with E-state index in [2.05, 4.69) is 4.44 Å². The Morgan fingerprint density at radius 3 is 2.64 bits per heavy atom. The molecule has 0 radical (unpaired) electrons. The maximum atomic E-state index is 10.7. The summed E-state index contributed by atoms with van der Waals surface area (Å²) in [5.74, 6) is 0. The van der Waals surface area contributed by atoms with E-state index in [1.54, 1.807) is 0 Å². The Balaban J connectivity index is 3.42. The monoisotopic (exact) mass is 178 g/mol. The van der Waals surface area contributed by atoms with Crippen LogP contribution in [0, 0.1) is 0 Å². The summed E-state index contributed by atoms with van der Waals surface area (Å²) in [6.07, 6.45) is 0.606. The van der Waals surface area contributed by atoms with E-state index in [0.29, 0.717) is 0 Å². The Bertz CT molecular complexity index is 119. The van der Waals surface area contributed by atoms with Gasteiger partial charge in [-0.15, -0.1) is 0 Å². The number of rotatable bonds is 6. The highest BCUT2D eigenvalue weighted by Gasteiger charge is 2.05. The molecule has 0 saturated heterocycles. The molecule has 0 saturated carbocycles. The van der Waals surface area contributed by atoms with Gasteiger partial charge in [-0.05, 0) is 0 Å². The average Bonchev–Trinajstić information content (AvgIpc) is 2.06. The normalized spacial score (nSPS) is 16.1. The highest BCUT2D eigenvalue weighted by Crippen LogP contribution is 2.20. The van der Waals surface area contributed by atoms with Crippen LogP contribution in [0.3, 0.4) is 0 Å². The predicted molar refractivity (Wildman–Crippen MR) is 48.8 cm³/mol. The molecule has 4 nitrogen and oxygen atoms in total. The van der Waals surface area contributed by atoms with Gasteiger partial charge in [-0.1, -0.05) is 6.32 Å². The molecule has 0 aromatic rings. The quantitative estimate of drug-likeness (QED) is 0.393. The molecule has 0 aliphatic rings. The van der Waals surface area contributed by atoms with E-state index in [1.807, 2.05) is 7.85 Å². The van der Waals surface area contributed by atoms with Crippen LogP contribution in [0.25, 0.3) is 0 Å². The number of aliphatic hydroxyl groups is 1. The second kappa shape index (κ2) is 6.92. The van der Waals surface area contributed by atoms with Crippen molar-refractivity contribution in [1.82, 2.24) is 0 Å². The molecule has 1 unspecified atom stereocenters. The highest BCUT2D eigenvalue weighted by molar-refractivity contribution is 7.39. The van der Waals surface area contributed by atoms with Gasteiger partial charge >= 0.3 is 0 Å². The fraction of sp³-hybridized carbons (Fsp3) is 1.00. The molecule has 64 valence electrons. The lowest BCUT2D eigenvalue weighted by Gasteiger charge is -2.11. The van der Waals surface area contributed by atoms with Gasteiger partial charge in [0.15, 0.2) is 0 Å². The SMILES string of the molecule is BC[C@@H](CO)OC[PH](=O)OB. The third kappa shape index (κ3) is 5.50. The van der Waals surface area contributed by atoms with Gasteiger partial charge in [0, 0.05) is 0 Å². The third-order valence-electron chi connectivity index (χ3n) is 1.32. The topological polar surface area (TPSA) is 55.8 Å². The van der Waals surface area contributed by atoms with E-state index in [1.165, 1.54) is 8.05 Å². The molecule has 0 amide bonds. The van der Waals surface area contributed by atoms with Crippen LogP contribution in [0.2, 0.25) is 6.32 Å². The molecule has 0 rings (SSSR count). The molecular formula is C4H13B2O4P. The van der Waals surface area contributed by atoms with Gasteiger partial charge in [-0.25, -0.2) is 0 Å². The molecule has 0 aliphatic heterocycles. The highest BCUT2D eigenvalue weighted by atomic mass is 31.1. The second-order valence-corrected chi connectivity index (χ2v) is 3.54. The minimum Gasteiger partial charge on any atom is -0.399 e. The van der Waals surface area contributed by atoms with Gasteiger partial charge in [-0.3, -0.25) is 4.57 Å². The summed E-state index contributed by atoms with van der Waals surface area (Å²) in [5, 5.41) is 8.66. The summed E-state index contributed by atoms with van der Waals surface area (Å²) >= 11 is 0. The minimum absolute atomic E-state index is 0.0324. The molecule has 7 heteroatoms. The van der Waals surface area contributed by atoms with Crippen molar-refractivity contribution in [3.8, 4) is 0 Å². The molecule has 0 aromatic heterocycles. The smallest absolute Gasteiger partial charge is 0.266 e. The van der Waals surface area contributed by atoms with Gasteiger partial charge in [0.2, 0.25) is 8.03 Å². The molecule has 0 fully saturated rings. The standard InChI is InChI=1S/C4H13B2O4P/c5-1-4(2-7)9-3-11(8)10-6/h4,7,11H,1-3,5-6H2/t4-/m0/s1. The van der Waals surface area contributed by atoms with Gasteiger partial charge in [-0.2, -0.15) is 0 Å². The van der Waals surface area contributed by atoms with Gasteiger partial charge < -0.3 is 14.3 Å². The number of hydrogen-bond donors (Lipinski definition) is 1. The van der Waals surface area contributed by atoms with Crippen molar-refractivity contribution >= 4 is 23.9 Å². The van der Waals surface area contributed by atoms with Gasteiger partial charge in [0.25, 0.3) is 8.05 Å². The van der Waals surface area contributed by atoms with Crippen LogP contribution in [-0.2, 0) is 13.7 Å². The van der Waals surface area contributed by atoms with Crippen molar-refractivity contribution < 1.29 is 18.8 Å². The summed E-state index contributed by atoms with van der Waals surface area (Å²) in [5.41, 5.74) is 0. The van der Waals surface area contributed by atoms with Crippen molar-refractivity contribution in [2.24, 2.45) is 0 Å². The van der Waals surface area contributed by atoms with E-state index in [9.17, 15) is 4.57 Å². The Hall–Kier alpha value is 0.240. The Labute approximate surface area is 69.0 Å². The Morgan fingerprint density at radius 2 is 2.27 bits per heavy atom. The second-order valence-electron chi connectivity index (χ2n) is 2.10. The molecule has 1 N–H and O–H groups in total. The van der Waals surface area contributed by atoms with Crippen LogP contribution >= 0.6 is 8.03 Å². The Morgan fingerprint density at radius 1 is 1.64 bits per heavy atom. The maximum Gasteiger partial charge on any atom is 0.266 e. The molecule has 11 heavy (non-hydrogen) atoms. The van der Waals surface area contributed by atoms with Crippen LogP contribution in [0.15, 0.2) is 0 Å². The summed E-state index contributed by atoms with van der Waals surface area (Å²) in [7, 11) is 1.25. The van der Waals surface area contributed by atoms with Gasteiger partial charge in [0.05, 0.1) is 12.7 Å². The number of aliphatic hydroxyl groups excluding tert-OH is 1. The van der Waals surface area contributed by atoms with Crippen molar-refractivity contribution in [3.63, 3.8) is 0 Å². The largest absolute Gasteiger partial charge is 0.399 e. The van der Waals surface area contributed by atoms with Crippen molar-refractivity contribution in [2.45, 2.75) is 12.4 Å². The summed E-state index contributed by atoms with van der Waals surface area (Å²) < 4.78 is 20.3. The molecule has 0 spiro atoms. The zero-order valence-corrected chi connectivity index (χ0v) is 7.87. The molecule has 0 aliphatic carbocycles. The maximum absolute atomic E-state index is 10.7. The molecule has 2 atom stereocenters. The number of ether oxygens (including phenoxy) is 1. The minimum atomic E-state index is -2.03. The Kier molecular flexibility index (Phi) is 7.07. The van der Waals surface area contributed by atoms with E-state index in [-0.39, 0.29) is 19.1 Å². The van der Waals surface area contributed by atoms with Crippen LogP contribution in [0.4, 0.5) is 0 Å². The van der Waals surface area contributed by atoms with Crippen LogP contribution < -0.4 is 0 Å². The van der Waals surface area contributed by atoms with E-state index in [4.69, 9.17) is 9.84 Å². The van der Waals surface area contributed by atoms with Crippen LogP contribution in [0.5, 0.6) is 0 Å². The molecule has 0 heterocycles. The molecule has 0 bridgehead atoms. The van der Waals surface area contributed by atoms with Crippen LogP contribution in [0.1, 0.15) is 0 Å². The van der Waals surface area contributed by atoms with Gasteiger partial charge in [0.1, 0.15) is 14.2 Å². The first-order valence-electron chi connectivity index (χ1n) is 3.53. The van der Waals surface area contributed by atoms with Crippen LogP contribution in [-0.4, -0.2) is 40.1 Å². The first kappa shape index (κ1) is 11.2. The fourth-order valence-electron chi connectivity index (χ4n) is 0.544. The third-order valence-corrected chi connectivity index (χ3v) is 2.18. The summed E-state index contributed by atoms with van der Waals surface area (Å²) in [6.45, 7) is -0.0324. The average molecular weight is 178 g/mol. The first-order valence-corrected chi connectivity index (χ1v) is 5.06. The van der Waals surface area contributed by atoms with E-state index < -0.39 is 8.03 Å². The summed E-state index contributed by atoms with van der Waals surface area (Å²) in [6, 6.07) is 0. The lowest BCUT2D eigenvalue weighted by atomic mass is 10.0. The van der Waals surface area contributed by atoms with Crippen molar-refractivity contribution in [3.05, 3.63) is 0 Å². The number of hydrogen-bond acceptors (Lipinski definition) is 4. The van der Waals surface area contributed by atoms with E-state index in [0.717, 1.165) is 6.32 Å². The lowest BCUT2D eigenvalue weighted by Crippen LogP contribution is -2.16. The lowest BCUT2D eigenvalue weighted by molar-refractivity contribution is 0.0492. The van der Waals surface area contributed by atoms with E-state index >= 15 is 0 Å².